The Balaban J connectivity index is 1.91. The van der Waals surface area contributed by atoms with Crippen LogP contribution in [0.2, 0.25) is 0 Å². The number of carbonyl (C=O) groups is 4. The van der Waals surface area contributed by atoms with Gasteiger partial charge in [-0.25, -0.2) is 14.4 Å². The van der Waals surface area contributed by atoms with Gasteiger partial charge in [0.05, 0.1) is 16.8 Å². The third-order valence-electron chi connectivity index (χ3n) is 4.40. The summed E-state index contributed by atoms with van der Waals surface area (Å²) in [6.45, 7) is 0. The number of benzene rings is 3. The van der Waals surface area contributed by atoms with Crippen molar-refractivity contribution in [1.82, 2.24) is 0 Å². The molecule has 0 aromatic heterocycles. The summed E-state index contributed by atoms with van der Waals surface area (Å²) in [5.41, 5.74) is 0.472. The van der Waals surface area contributed by atoms with Gasteiger partial charge in [0.2, 0.25) is 12.2 Å². The molecule has 0 aliphatic carbocycles. The molecule has 3 aromatic carbocycles. The molecule has 0 aliphatic heterocycles. The summed E-state index contributed by atoms with van der Waals surface area (Å²) >= 11 is 3.27. The van der Waals surface area contributed by atoms with Crippen LogP contribution in [0.15, 0.2) is 89.4 Å². The standard InChI is InChI=1S/C24H18BrNO7/c25-17-13-7-8-14-18(17)26-21(27)19(32-23(30)15-9-3-1-4-10-15)20(22(28)29)33-24(31)16-11-5-2-6-12-16/h1-14,19-20H,(H,26,27)(H,28,29)/t19-,20-/m0/s1. The molecule has 0 aliphatic rings. The maximum Gasteiger partial charge on any atom is 0.349 e. The monoisotopic (exact) mass is 511 g/mol. The molecule has 0 fully saturated rings. The van der Waals surface area contributed by atoms with Gasteiger partial charge in [0.25, 0.3) is 5.91 Å². The van der Waals surface area contributed by atoms with Crippen molar-refractivity contribution in [3.05, 3.63) is 101 Å². The Hall–Kier alpha value is -3.98. The van der Waals surface area contributed by atoms with E-state index in [4.69, 9.17) is 9.47 Å². The molecule has 168 valence electrons. The van der Waals surface area contributed by atoms with Gasteiger partial charge in [0, 0.05) is 4.47 Å². The van der Waals surface area contributed by atoms with E-state index in [1.165, 1.54) is 24.3 Å². The van der Waals surface area contributed by atoms with Gasteiger partial charge < -0.3 is 19.9 Å². The fourth-order valence-electron chi connectivity index (χ4n) is 2.78. The molecule has 8 nitrogen and oxygen atoms in total. The van der Waals surface area contributed by atoms with E-state index in [2.05, 4.69) is 21.2 Å². The average Bonchev–Trinajstić information content (AvgIpc) is 2.83. The van der Waals surface area contributed by atoms with Crippen LogP contribution in [0.25, 0.3) is 0 Å². The summed E-state index contributed by atoms with van der Waals surface area (Å²) in [6.07, 6.45) is -4.08. The molecule has 0 saturated carbocycles. The first-order valence-corrected chi connectivity index (χ1v) is 10.5. The number of amides is 1. The Kier molecular flexibility index (Phi) is 7.93. The van der Waals surface area contributed by atoms with Crippen molar-refractivity contribution < 1.29 is 33.8 Å². The predicted octanol–water partition coefficient (Wildman–Crippen LogP) is 3.92. The van der Waals surface area contributed by atoms with E-state index in [9.17, 15) is 24.3 Å². The second-order valence-electron chi connectivity index (χ2n) is 6.69. The summed E-state index contributed by atoms with van der Waals surface area (Å²) in [7, 11) is 0. The lowest BCUT2D eigenvalue weighted by atomic mass is 10.1. The minimum atomic E-state index is -2.10. The van der Waals surface area contributed by atoms with Crippen LogP contribution < -0.4 is 5.32 Å². The van der Waals surface area contributed by atoms with E-state index in [-0.39, 0.29) is 11.1 Å². The summed E-state index contributed by atoms with van der Waals surface area (Å²) in [5.74, 6) is -4.59. The third kappa shape index (κ3) is 6.27. The smallest absolute Gasteiger partial charge is 0.349 e. The first-order valence-electron chi connectivity index (χ1n) is 9.67. The number of halogens is 1. The number of nitrogens with one attached hydrogen (secondary N) is 1. The number of aliphatic carboxylic acids is 1. The van der Waals surface area contributed by atoms with Crippen LogP contribution >= 0.6 is 15.9 Å². The Morgan fingerprint density at radius 2 is 1.15 bits per heavy atom. The molecule has 3 aromatic rings. The quantitative estimate of drug-likeness (QED) is 0.439. The van der Waals surface area contributed by atoms with Gasteiger partial charge in [-0.1, -0.05) is 48.5 Å². The highest BCUT2D eigenvalue weighted by Crippen LogP contribution is 2.23. The minimum Gasteiger partial charge on any atom is -0.478 e. The minimum absolute atomic E-state index is 0.0723. The molecule has 33 heavy (non-hydrogen) atoms. The van der Waals surface area contributed by atoms with E-state index >= 15 is 0 Å². The fourth-order valence-corrected chi connectivity index (χ4v) is 3.16. The Labute approximate surface area is 197 Å². The molecule has 0 unspecified atom stereocenters. The summed E-state index contributed by atoms with van der Waals surface area (Å²) < 4.78 is 10.9. The predicted molar refractivity (Wildman–Crippen MR) is 122 cm³/mol. The van der Waals surface area contributed by atoms with Crippen LogP contribution in [0.5, 0.6) is 0 Å². The average molecular weight is 512 g/mol. The van der Waals surface area contributed by atoms with Gasteiger partial charge in [-0.15, -0.1) is 0 Å². The highest BCUT2D eigenvalue weighted by atomic mass is 79.9. The van der Waals surface area contributed by atoms with Crippen molar-refractivity contribution in [2.45, 2.75) is 12.2 Å². The van der Waals surface area contributed by atoms with Crippen molar-refractivity contribution in [2.75, 3.05) is 5.32 Å². The molecule has 0 radical (unpaired) electrons. The zero-order valence-corrected chi connectivity index (χ0v) is 18.6. The zero-order valence-electron chi connectivity index (χ0n) is 17.0. The second kappa shape index (κ2) is 11.1. The van der Waals surface area contributed by atoms with E-state index in [0.717, 1.165) is 0 Å². The van der Waals surface area contributed by atoms with Crippen molar-refractivity contribution in [3.8, 4) is 0 Å². The summed E-state index contributed by atoms with van der Waals surface area (Å²) in [4.78, 5) is 50.1. The maximum atomic E-state index is 13.0. The Morgan fingerprint density at radius 3 is 1.64 bits per heavy atom. The molecule has 1 amide bonds. The van der Waals surface area contributed by atoms with E-state index in [1.54, 1.807) is 60.7 Å². The molecule has 0 saturated heterocycles. The van der Waals surface area contributed by atoms with Crippen LogP contribution in [0, 0.1) is 0 Å². The van der Waals surface area contributed by atoms with Crippen LogP contribution in [0.1, 0.15) is 20.7 Å². The van der Waals surface area contributed by atoms with E-state index < -0.39 is 36.0 Å². The highest BCUT2D eigenvalue weighted by molar-refractivity contribution is 9.10. The third-order valence-corrected chi connectivity index (χ3v) is 5.09. The topological polar surface area (TPSA) is 119 Å². The molecule has 0 spiro atoms. The van der Waals surface area contributed by atoms with Gasteiger partial charge in [0.1, 0.15) is 0 Å². The van der Waals surface area contributed by atoms with Crippen molar-refractivity contribution in [3.63, 3.8) is 0 Å². The number of rotatable bonds is 8. The zero-order chi connectivity index (χ0) is 23.8. The van der Waals surface area contributed by atoms with E-state index in [1.807, 2.05) is 0 Å². The number of carboxylic acids is 1. The normalized spacial score (nSPS) is 12.2. The first-order chi connectivity index (χ1) is 15.9. The molecule has 2 atom stereocenters. The lowest BCUT2D eigenvalue weighted by molar-refractivity contribution is -0.157. The fraction of sp³-hybridized carbons (Fsp3) is 0.0833. The van der Waals surface area contributed by atoms with Gasteiger partial charge in [0.15, 0.2) is 0 Å². The number of esters is 2. The van der Waals surface area contributed by atoms with Crippen LogP contribution in [0.4, 0.5) is 5.69 Å². The van der Waals surface area contributed by atoms with Gasteiger partial charge >= 0.3 is 17.9 Å². The molecule has 3 rings (SSSR count). The lowest BCUT2D eigenvalue weighted by Gasteiger charge is -2.23. The Morgan fingerprint density at radius 1 is 0.697 bits per heavy atom. The number of carbonyl (C=O) groups excluding carboxylic acids is 3. The second-order valence-corrected chi connectivity index (χ2v) is 7.55. The van der Waals surface area contributed by atoms with Gasteiger partial charge in [-0.2, -0.15) is 0 Å². The number of hydrogen-bond acceptors (Lipinski definition) is 6. The van der Waals surface area contributed by atoms with Crippen molar-refractivity contribution in [2.24, 2.45) is 0 Å². The van der Waals surface area contributed by atoms with Crippen molar-refractivity contribution in [1.29, 1.82) is 0 Å². The SMILES string of the molecule is O=C(O[C@H](C(=O)O)[C@H](OC(=O)c1ccccc1)C(=O)Nc1ccccc1Br)c1ccccc1. The summed E-state index contributed by atoms with van der Waals surface area (Å²) in [5, 5.41) is 12.2. The number of para-hydroxylation sites is 1. The molecular formula is C24H18BrNO7. The molecule has 2 N–H and O–H groups in total. The first kappa shape index (κ1) is 23.7. The van der Waals surface area contributed by atoms with Crippen LogP contribution in [-0.4, -0.2) is 41.1 Å². The molecule has 9 heteroatoms. The Bertz CT molecular complexity index is 1150. The number of ether oxygens (including phenoxy) is 2. The largest absolute Gasteiger partial charge is 0.478 e. The van der Waals surface area contributed by atoms with E-state index in [0.29, 0.717) is 10.2 Å². The number of anilines is 1. The van der Waals surface area contributed by atoms with Gasteiger partial charge in [-0.3, -0.25) is 4.79 Å². The van der Waals surface area contributed by atoms with Crippen LogP contribution in [0.3, 0.4) is 0 Å². The maximum absolute atomic E-state index is 13.0. The van der Waals surface area contributed by atoms with Crippen molar-refractivity contribution >= 4 is 45.4 Å². The molecule has 0 bridgehead atoms. The number of hydrogen-bond donors (Lipinski definition) is 2. The molecular weight excluding hydrogens is 494 g/mol. The van der Waals surface area contributed by atoms with Crippen LogP contribution in [-0.2, 0) is 19.1 Å². The summed E-state index contributed by atoms with van der Waals surface area (Å²) in [6, 6.07) is 22.0. The highest BCUT2D eigenvalue weighted by Gasteiger charge is 2.41. The molecule has 0 heterocycles. The lowest BCUT2D eigenvalue weighted by Crippen LogP contribution is -2.48. The van der Waals surface area contributed by atoms with Gasteiger partial charge in [-0.05, 0) is 52.3 Å². The number of carboxylic acid groups (broad SMARTS) is 1.